The predicted molar refractivity (Wildman–Crippen MR) is 207 cm³/mol. The highest BCUT2D eigenvalue weighted by atomic mass is 16.3. The van der Waals surface area contributed by atoms with Crippen molar-refractivity contribution in [2.45, 2.75) is 237 Å². The first-order valence-corrected chi connectivity index (χ1v) is 18.2. The third-order valence-electron chi connectivity index (χ3n) is 2.09. The first-order chi connectivity index (χ1) is 18.6. The molecule has 1 rings (SSSR count). The molecule has 1 nitrogen and oxygen atoms in total. The Balaban J connectivity index is -0.0000000326. The Hall–Kier alpha value is -0.0400. The molecule has 0 spiro atoms. The molecule has 0 amide bonds. The Kier molecular flexibility index (Phi) is 120. The number of hydrogen-bond donors (Lipinski definition) is 1. The second-order valence-electron chi connectivity index (χ2n) is 14.0. The van der Waals surface area contributed by atoms with Gasteiger partial charge in [0.25, 0.3) is 0 Å². The number of aliphatic hydroxyl groups excluding tert-OH is 1. The first kappa shape index (κ1) is 68.2. The zero-order valence-corrected chi connectivity index (χ0v) is 35.5. The van der Waals surface area contributed by atoms with Gasteiger partial charge in [0.05, 0.1) is 0 Å². The Morgan fingerprint density at radius 1 is 0.512 bits per heavy atom. The van der Waals surface area contributed by atoms with Gasteiger partial charge in [0.1, 0.15) is 0 Å². The van der Waals surface area contributed by atoms with E-state index in [1.165, 1.54) is 51.4 Å². The summed E-state index contributed by atoms with van der Waals surface area (Å²) in [5.74, 6) is 3.69. The zero-order valence-electron chi connectivity index (χ0n) is 35.5. The normalized spacial score (nSPS) is 10.0. The monoisotopic (exact) mass is 597 g/mol. The third-order valence-corrected chi connectivity index (χ3v) is 2.09. The fourth-order valence-corrected chi connectivity index (χ4v) is 0.526. The summed E-state index contributed by atoms with van der Waals surface area (Å²) in [6, 6.07) is 0. The summed E-state index contributed by atoms with van der Waals surface area (Å²) in [5.41, 5.74) is 0.500. The second kappa shape index (κ2) is 72.3. The van der Waals surface area contributed by atoms with E-state index >= 15 is 0 Å². The predicted octanol–water partition coefficient (Wildman–Crippen LogP) is 16.3. The maximum absolute atomic E-state index is 8.06. The Morgan fingerprint density at radius 2 is 0.610 bits per heavy atom. The van der Waals surface area contributed by atoms with Gasteiger partial charge in [-0.1, -0.05) is 218 Å². The van der Waals surface area contributed by atoms with Gasteiger partial charge in [-0.05, 0) is 42.9 Å². The van der Waals surface area contributed by atoms with E-state index in [0.29, 0.717) is 5.41 Å². The van der Waals surface area contributed by atoms with Crippen LogP contribution in [0, 0.1) is 29.1 Å². The molecule has 0 unspecified atom stereocenters. The van der Waals surface area contributed by atoms with Crippen LogP contribution in [-0.2, 0) is 0 Å². The van der Waals surface area contributed by atoms with E-state index in [2.05, 4.69) is 152 Å². The van der Waals surface area contributed by atoms with Crippen molar-refractivity contribution in [3.05, 3.63) is 0 Å². The Bertz CT molecular complexity index is 229. The molecule has 1 aliphatic rings. The van der Waals surface area contributed by atoms with Gasteiger partial charge in [0.2, 0.25) is 0 Å². The van der Waals surface area contributed by atoms with Crippen LogP contribution in [0.1, 0.15) is 231 Å². The molecule has 0 atom stereocenters. The maximum atomic E-state index is 8.06. The van der Waals surface area contributed by atoms with Gasteiger partial charge in [-0.15, -0.1) is 0 Å². The molecular formula is C40H100O. The molecule has 0 radical (unpaired) electrons. The molecule has 0 bridgehead atoms. The van der Waals surface area contributed by atoms with E-state index in [0.717, 1.165) is 23.7 Å². The maximum Gasteiger partial charge on any atom is 0.0483 e. The van der Waals surface area contributed by atoms with Crippen molar-refractivity contribution in [3.63, 3.8) is 0 Å². The zero-order chi connectivity index (χ0) is 36.0. The lowest BCUT2D eigenvalue weighted by Gasteiger charge is -2.05. The minimum absolute atomic E-state index is 0.167. The quantitative estimate of drug-likeness (QED) is 0.336. The lowest BCUT2D eigenvalue weighted by atomic mass is 10.0. The minimum atomic E-state index is -0.167. The number of hydrogen-bond acceptors (Lipinski definition) is 1. The number of rotatable bonds is 2. The van der Waals surface area contributed by atoms with E-state index in [4.69, 9.17) is 5.11 Å². The average Bonchev–Trinajstić information content (AvgIpc) is 3.60. The van der Waals surface area contributed by atoms with Gasteiger partial charge in [-0.3, -0.25) is 0 Å². The lowest BCUT2D eigenvalue weighted by Crippen LogP contribution is -1.93. The van der Waals surface area contributed by atoms with E-state index in [1.807, 2.05) is 13.8 Å². The molecule has 266 valence electrons. The third kappa shape index (κ3) is 1190. The molecule has 0 saturated heterocycles. The summed E-state index contributed by atoms with van der Waals surface area (Å²) in [7, 11) is 0. The van der Waals surface area contributed by atoms with Crippen molar-refractivity contribution in [1.82, 2.24) is 0 Å². The Morgan fingerprint density at radius 3 is 0.610 bits per heavy atom. The molecule has 1 heteroatoms. The van der Waals surface area contributed by atoms with Gasteiger partial charge in [0, 0.05) is 6.10 Å². The van der Waals surface area contributed by atoms with Crippen molar-refractivity contribution >= 4 is 0 Å². The van der Waals surface area contributed by atoms with Gasteiger partial charge in [-0.25, -0.2) is 0 Å². The van der Waals surface area contributed by atoms with Crippen molar-refractivity contribution in [1.29, 1.82) is 0 Å². The molecule has 0 aliphatic heterocycles. The fourth-order valence-electron chi connectivity index (χ4n) is 0.526. The van der Waals surface area contributed by atoms with Crippen LogP contribution in [0.4, 0.5) is 0 Å². The van der Waals surface area contributed by atoms with E-state index in [1.54, 1.807) is 13.8 Å². The molecule has 0 heterocycles. The van der Waals surface area contributed by atoms with Gasteiger partial charge < -0.3 is 5.11 Å². The minimum Gasteiger partial charge on any atom is -0.394 e. The molecule has 41 heavy (non-hydrogen) atoms. The van der Waals surface area contributed by atoms with Crippen LogP contribution in [-0.4, -0.2) is 11.2 Å². The average molecular weight is 597 g/mol. The lowest BCUT2D eigenvalue weighted by molar-refractivity contribution is 0.216. The van der Waals surface area contributed by atoms with Crippen molar-refractivity contribution < 1.29 is 5.11 Å². The standard InChI is InChI=1S/C5H10.2C5H12.2C4H10.C3H8O.4C3H8.C2H6/c1-2-5-3-4-5;1-5(2,3)4;1-4-5(2)3;2*1-4(2)3;1-3(2)4;4*1-3-2;1-2/h5H,2-4H2,1H3;1-4H3;5H,4H2,1-3H3;2*4H,1-3H3;3-4H,1-2H3;4*3H2,1-2H3;1-2H3. The number of aliphatic hydroxyl groups is 1. The van der Waals surface area contributed by atoms with E-state index in [-0.39, 0.29) is 6.10 Å². The highest BCUT2D eigenvalue weighted by molar-refractivity contribution is 4.69. The van der Waals surface area contributed by atoms with Crippen molar-refractivity contribution in [2.75, 3.05) is 0 Å². The van der Waals surface area contributed by atoms with Crippen LogP contribution in [0.2, 0.25) is 0 Å². The summed E-state index contributed by atoms with van der Waals surface area (Å²) in [6.45, 7) is 55.1. The van der Waals surface area contributed by atoms with Crippen LogP contribution >= 0.6 is 0 Å². The molecular weight excluding hydrogens is 496 g/mol. The molecule has 1 N–H and O–H groups in total. The van der Waals surface area contributed by atoms with Crippen LogP contribution in [0.3, 0.4) is 0 Å². The van der Waals surface area contributed by atoms with E-state index < -0.39 is 0 Å². The molecule has 1 aliphatic carbocycles. The molecule has 0 aromatic heterocycles. The molecule has 1 fully saturated rings. The van der Waals surface area contributed by atoms with Gasteiger partial charge >= 0.3 is 0 Å². The topological polar surface area (TPSA) is 20.2 Å². The fraction of sp³-hybridized carbons (Fsp3) is 1.00. The molecule has 1 saturated carbocycles. The molecule has 0 aromatic carbocycles. The van der Waals surface area contributed by atoms with Gasteiger partial charge in [-0.2, -0.15) is 0 Å². The van der Waals surface area contributed by atoms with Gasteiger partial charge in [0.15, 0.2) is 0 Å². The van der Waals surface area contributed by atoms with Crippen LogP contribution in [0.5, 0.6) is 0 Å². The molecule has 0 aromatic rings. The SMILES string of the molecule is CC.CC(C)(C)C.CC(C)C.CC(C)C.CC(C)O.CCC.CCC.CCC.CCC.CCC(C)C.CCC1CC1. The van der Waals surface area contributed by atoms with Crippen molar-refractivity contribution in [2.24, 2.45) is 29.1 Å². The second-order valence-corrected chi connectivity index (χ2v) is 14.0. The summed E-state index contributed by atoms with van der Waals surface area (Å²) in [5, 5.41) is 8.06. The highest BCUT2D eigenvalue weighted by Gasteiger charge is 2.17. The van der Waals surface area contributed by atoms with Crippen LogP contribution in [0.25, 0.3) is 0 Å². The Labute approximate surface area is 271 Å². The van der Waals surface area contributed by atoms with E-state index in [9.17, 15) is 0 Å². The summed E-state index contributed by atoms with van der Waals surface area (Å²) < 4.78 is 0. The smallest absolute Gasteiger partial charge is 0.0483 e. The highest BCUT2D eigenvalue weighted by Crippen LogP contribution is 2.31. The van der Waals surface area contributed by atoms with Crippen molar-refractivity contribution in [3.8, 4) is 0 Å². The van der Waals surface area contributed by atoms with Crippen LogP contribution in [0.15, 0.2) is 0 Å². The summed E-state index contributed by atoms with van der Waals surface area (Å²) in [4.78, 5) is 0. The first-order valence-electron chi connectivity index (χ1n) is 18.2. The summed E-state index contributed by atoms with van der Waals surface area (Å²) >= 11 is 0. The summed E-state index contributed by atoms with van der Waals surface area (Å²) in [6.07, 6.45) is 10.6. The largest absolute Gasteiger partial charge is 0.394 e. The van der Waals surface area contributed by atoms with Crippen LogP contribution < -0.4 is 0 Å².